The third kappa shape index (κ3) is 5.41. The molecule has 2 rings (SSSR count). The molecule has 5 nitrogen and oxygen atoms in total. The van der Waals surface area contributed by atoms with Crippen LogP contribution in [0.1, 0.15) is 54.3 Å². The Bertz CT molecular complexity index is 726. The maximum atomic E-state index is 12.1. The Hall–Kier alpha value is -2.69. The monoisotopic (exact) mass is 340 g/mol. The molecular formula is C20H24N2O3. The van der Waals surface area contributed by atoms with Crippen LogP contribution in [0.2, 0.25) is 0 Å². The molecule has 2 aromatic rings. The van der Waals surface area contributed by atoms with Gasteiger partial charge in [-0.15, -0.1) is 0 Å². The molecule has 132 valence electrons. The van der Waals surface area contributed by atoms with Crippen molar-refractivity contribution in [1.82, 2.24) is 10.3 Å². The van der Waals surface area contributed by atoms with Gasteiger partial charge in [0.25, 0.3) is 5.91 Å². The normalized spacial score (nSPS) is 11.6. The van der Waals surface area contributed by atoms with E-state index < -0.39 is 0 Å². The molecule has 1 aromatic heterocycles. The first-order chi connectivity index (χ1) is 12.0. The second-order valence-electron chi connectivity index (χ2n) is 5.88. The molecule has 0 aliphatic heterocycles. The van der Waals surface area contributed by atoms with E-state index >= 15 is 0 Å². The molecule has 1 aromatic carbocycles. The minimum atomic E-state index is -0.205. The maximum Gasteiger partial charge on any atom is 0.258 e. The number of Topliss-reactive ketones (excluding diaryl/α,β-unsaturated/α-hetero) is 1. The highest BCUT2D eigenvalue weighted by atomic mass is 16.5. The number of pyridine rings is 1. The summed E-state index contributed by atoms with van der Waals surface area (Å²) in [5.74, 6) is 0.439. The van der Waals surface area contributed by atoms with Crippen molar-refractivity contribution >= 4 is 11.7 Å². The van der Waals surface area contributed by atoms with Crippen molar-refractivity contribution in [2.75, 3.05) is 6.61 Å². The maximum absolute atomic E-state index is 12.1. The summed E-state index contributed by atoms with van der Waals surface area (Å²) in [6.45, 7) is 5.74. The number of aryl methyl sites for hydroxylation is 1. The molecule has 0 saturated heterocycles. The van der Waals surface area contributed by atoms with E-state index in [-0.39, 0.29) is 24.3 Å². The number of nitrogens with one attached hydrogen (secondary N) is 1. The molecular weight excluding hydrogens is 316 g/mol. The number of carbonyl (C=O) groups excluding carboxylic acids is 2. The first-order valence-electron chi connectivity index (χ1n) is 8.51. The summed E-state index contributed by atoms with van der Waals surface area (Å²) < 4.78 is 5.50. The fraction of sp³-hybridized carbons (Fsp3) is 0.350. The molecule has 1 amide bonds. The molecule has 0 spiro atoms. The second-order valence-corrected chi connectivity index (χ2v) is 5.88. The van der Waals surface area contributed by atoms with Gasteiger partial charge < -0.3 is 10.1 Å². The van der Waals surface area contributed by atoms with E-state index in [9.17, 15) is 9.59 Å². The van der Waals surface area contributed by atoms with Gasteiger partial charge in [0.05, 0.1) is 11.7 Å². The van der Waals surface area contributed by atoms with Crippen molar-refractivity contribution in [1.29, 1.82) is 0 Å². The number of nitrogens with zero attached hydrogens (tertiary/aromatic N) is 1. The lowest BCUT2D eigenvalue weighted by molar-refractivity contribution is -0.123. The van der Waals surface area contributed by atoms with Crippen LogP contribution in [-0.2, 0) is 4.79 Å². The number of aromatic nitrogens is 1. The summed E-state index contributed by atoms with van der Waals surface area (Å²) >= 11 is 0. The molecule has 25 heavy (non-hydrogen) atoms. The molecule has 0 fully saturated rings. The van der Waals surface area contributed by atoms with Gasteiger partial charge in [-0.1, -0.05) is 13.8 Å². The highest BCUT2D eigenvalue weighted by molar-refractivity contribution is 5.95. The second kappa shape index (κ2) is 8.97. The standard InChI is InChI=1S/C20H24N2O3/c1-4-17(18-12-14(3)10-11-21-18)22-20(24)13-25-16-8-6-15(7-9-16)19(23)5-2/h6-12,17H,4-5,13H2,1-3H3,(H,22,24)/t17-/m1/s1. The van der Waals surface area contributed by atoms with Crippen LogP contribution in [0.3, 0.4) is 0 Å². The third-order valence-corrected chi connectivity index (χ3v) is 3.90. The number of hydrogen-bond acceptors (Lipinski definition) is 4. The Morgan fingerprint density at radius 1 is 1.16 bits per heavy atom. The van der Waals surface area contributed by atoms with Crippen molar-refractivity contribution in [3.8, 4) is 5.75 Å². The Labute approximate surface area is 148 Å². The third-order valence-electron chi connectivity index (χ3n) is 3.90. The summed E-state index contributed by atoms with van der Waals surface area (Å²) in [5, 5.41) is 2.94. The summed E-state index contributed by atoms with van der Waals surface area (Å²) in [7, 11) is 0. The minimum Gasteiger partial charge on any atom is -0.484 e. The van der Waals surface area contributed by atoms with E-state index in [4.69, 9.17) is 4.74 Å². The molecule has 0 radical (unpaired) electrons. The molecule has 1 atom stereocenters. The predicted molar refractivity (Wildman–Crippen MR) is 96.7 cm³/mol. The van der Waals surface area contributed by atoms with Gasteiger partial charge in [0.1, 0.15) is 5.75 Å². The Kier molecular flexibility index (Phi) is 6.69. The molecule has 1 N–H and O–H groups in total. The van der Waals surface area contributed by atoms with Crippen LogP contribution in [0, 0.1) is 6.92 Å². The Morgan fingerprint density at radius 2 is 1.88 bits per heavy atom. The highest BCUT2D eigenvalue weighted by Gasteiger charge is 2.14. The van der Waals surface area contributed by atoms with Crippen molar-refractivity contribution in [2.24, 2.45) is 0 Å². The molecule has 0 aliphatic carbocycles. The van der Waals surface area contributed by atoms with Crippen molar-refractivity contribution in [3.05, 3.63) is 59.4 Å². The quantitative estimate of drug-likeness (QED) is 0.745. The Morgan fingerprint density at radius 3 is 2.48 bits per heavy atom. The van der Waals surface area contributed by atoms with Crippen molar-refractivity contribution < 1.29 is 14.3 Å². The van der Waals surface area contributed by atoms with Crippen LogP contribution in [0.15, 0.2) is 42.6 Å². The average Bonchev–Trinajstić information content (AvgIpc) is 2.64. The smallest absolute Gasteiger partial charge is 0.258 e. The summed E-state index contributed by atoms with van der Waals surface area (Å²) in [6.07, 6.45) is 2.96. The first-order valence-corrected chi connectivity index (χ1v) is 8.51. The fourth-order valence-corrected chi connectivity index (χ4v) is 2.46. The SMILES string of the molecule is CCC(=O)c1ccc(OCC(=O)N[C@H](CC)c2cc(C)ccn2)cc1. The van der Waals surface area contributed by atoms with Crippen molar-refractivity contribution in [2.45, 2.75) is 39.7 Å². The molecule has 0 unspecified atom stereocenters. The topological polar surface area (TPSA) is 68.3 Å². The number of hydrogen-bond donors (Lipinski definition) is 1. The number of benzene rings is 1. The zero-order valence-corrected chi connectivity index (χ0v) is 14.9. The first kappa shape index (κ1) is 18.6. The lowest BCUT2D eigenvalue weighted by Gasteiger charge is -2.17. The van der Waals surface area contributed by atoms with Gasteiger partial charge in [-0.05, 0) is 55.3 Å². The molecule has 0 saturated carbocycles. The molecule has 1 heterocycles. The summed E-state index contributed by atoms with van der Waals surface area (Å²) in [4.78, 5) is 28.1. The van der Waals surface area contributed by atoms with Crippen LogP contribution >= 0.6 is 0 Å². The lowest BCUT2D eigenvalue weighted by Crippen LogP contribution is -2.32. The highest BCUT2D eigenvalue weighted by Crippen LogP contribution is 2.16. The number of amides is 1. The summed E-state index contributed by atoms with van der Waals surface area (Å²) in [5.41, 5.74) is 2.60. The largest absolute Gasteiger partial charge is 0.484 e. The molecule has 0 bridgehead atoms. The van der Waals surface area contributed by atoms with Crippen LogP contribution in [0.4, 0.5) is 0 Å². The van der Waals surface area contributed by atoms with Crippen LogP contribution < -0.4 is 10.1 Å². The minimum absolute atomic E-state index is 0.0800. The van der Waals surface area contributed by atoms with Gasteiger partial charge in [-0.3, -0.25) is 14.6 Å². The molecule has 0 aliphatic rings. The predicted octanol–water partition coefficient (Wildman–Crippen LogP) is 3.63. The van der Waals surface area contributed by atoms with E-state index in [0.29, 0.717) is 17.7 Å². The van der Waals surface area contributed by atoms with E-state index in [1.54, 1.807) is 30.5 Å². The zero-order chi connectivity index (χ0) is 18.2. The van der Waals surface area contributed by atoms with Gasteiger partial charge in [-0.2, -0.15) is 0 Å². The van der Waals surface area contributed by atoms with E-state index in [0.717, 1.165) is 17.7 Å². The number of rotatable bonds is 8. The van der Waals surface area contributed by atoms with Gasteiger partial charge in [0.15, 0.2) is 12.4 Å². The van der Waals surface area contributed by atoms with Gasteiger partial charge in [-0.25, -0.2) is 0 Å². The number of ether oxygens (including phenoxy) is 1. The molecule has 5 heteroatoms. The van der Waals surface area contributed by atoms with Crippen LogP contribution in [0.25, 0.3) is 0 Å². The van der Waals surface area contributed by atoms with E-state index in [1.165, 1.54) is 0 Å². The van der Waals surface area contributed by atoms with Crippen molar-refractivity contribution in [3.63, 3.8) is 0 Å². The Balaban J connectivity index is 1.90. The number of carbonyl (C=O) groups is 2. The van der Waals surface area contributed by atoms with Crippen LogP contribution in [-0.4, -0.2) is 23.3 Å². The summed E-state index contributed by atoms with van der Waals surface area (Å²) in [6, 6.07) is 10.6. The van der Waals surface area contributed by atoms with Gasteiger partial charge in [0, 0.05) is 18.2 Å². The lowest BCUT2D eigenvalue weighted by atomic mass is 10.1. The van der Waals surface area contributed by atoms with E-state index in [1.807, 2.05) is 32.9 Å². The zero-order valence-electron chi connectivity index (χ0n) is 14.9. The fourth-order valence-electron chi connectivity index (χ4n) is 2.46. The van der Waals surface area contributed by atoms with E-state index in [2.05, 4.69) is 10.3 Å². The number of ketones is 1. The van der Waals surface area contributed by atoms with Crippen LogP contribution in [0.5, 0.6) is 5.75 Å². The van der Waals surface area contributed by atoms with Gasteiger partial charge in [0.2, 0.25) is 0 Å². The average molecular weight is 340 g/mol. The van der Waals surface area contributed by atoms with Gasteiger partial charge >= 0.3 is 0 Å².